The molecule has 0 saturated heterocycles. The highest BCUT2D eigenvalue weighted by Crippen LogP contribution is 2.41. The van der Waals surface area contributed by atoms with Gasteiger partial charge in [0.15, 0.2) is 0 Å². The van der Waals surface area contributed by atoms with Crippen LogP contribution in [-0.4, -0.2) is 5.75 Å². The van der Waals surface area contributed by atoms with Crippen LogP contribution in [-0.2, 0) is 0 Å². The third kappa shape index (κ3) is 2.27. The Morgan fingerprint density at radius 2 is 1.83 bits per heavy atom. The molecule has 2 aromatic carbocycles. The maximum absolute atomic E-state index is 6.12. The number of benzene rings is 2. The van der Waals surface area contributed by atoms with Crippen molar-refractivity contribution in [2.24, 2.45) is 0 Å². The summed E-state index contributed by atoms with van der Waals surface area (Å²) in [5, 5.41) is 1.27. The molecule has 0 spiro atoms. The van der Waals surface area contributed by atoms with E-state index in [1.54, 1.807) is 0 Å². The van der Waals surface area contributed by atoms with Gasteiger partial charge in [0.1, 0.15) is 0 Å². The first-order valence-corrected chi connectivity index (χ1v) is 7.66. The van der Waals surface area contributed by atoms with Gasteiger partial charge in [0.25, 0.3) is 0 Å². The Hall–Kier alpha value is -0.630. The number of hydrogen-bond donors (Lipinski definition) is 0. The molecular formula is C15H12Cl2S. The Morgan fingerprint density at radius 3 is 2.67 bits per heavy atom. The van der Waals surface area contributed by atoms with Crippen LogP contribution in [0.5, 0.6) is 0 Å². The summed E-state index contributed by atoms with van der Waals surface area (Å²) in [7, 11) is 0. The topological polar surface area (TPSA) is 0 Å². The highest BCUT2D eigenvalue weighted by Gasteiger charge is 2.22. The van der Waals surface area contributed by atoms with Gasteiger partial charge >= 0.3 is 0 Å². The molecule has 0 aliphatic carbocycles. The zero-order chi connectivity index (χ0) is 12.5. The van der Waals surface area contributed by atoms with Crippen molar-refractivity contribution in [3.63, 3.8) is 0 Å². The molecular weight excluding hydrogens is 283 g/mol. The second-order valence-corrected chi connectivity index (χ2v) is 6.35. The van der Waals surface area contributed by atoms with Crippen molar-refractivity contribution in [2.45, 2.75) is 17.2 Å². The molecule has 0 radical (unpaired) electrons. The van der Waals surface area contributed by atoms with E-state index in [2.05, 4.69) is 30.3 Å². The molecule has 1 atom stereocenters. The first-order chi connectivity index (χ1) is 8.75. The Kier molecular flexibility index (Phi) is 3.56. The lowest BCUT2D eigenvalue weighted by Gasteiger charge is -2.25. The standard InChI is InChI=1S/C15H12Cl2S/c16-13-6-5-10(9-14(13)17)11-7-8-18-15-4-2-1-3-12(11)15/h1-6,9,11H,7-8H2. The summed E-state index contributed by atoms with van der Waals surface area (Å²) in [5.74, 6) is 1.60. The molecule has 0 aromatic heterocycles. The summed E-state index contributed by atoms with van der Waals surface area (Å²) in [5.41, 5.74) is 2.67. The number of rotatable bonds is 1. The Bertz CT molecular complexity index is 580. The molecule has 1 heterocycles. The fourth-order valence-corrected chi connectivity index (χ4v) is 3.85. The summed E-state index contributed by atoms with van der Waals surface area (Å²) in [6, 6.07) is 14.6. The quantitative estimate of drug-likeness (QED) is 0.658. The molecule has 92 valence electrons. The zero-order valence-electron chi connectivity index (χ0n) is 9.70. The van der Waals surface area contributed by atoms with Crippen molar-refractivity contribution < 1.29 is 0 Å². The number of thioether (sulfide) groups is 1. The van der Waals surface area contributed by atoms with Gasteiger partial charge in [-0.2, -0.15) is 0 Å². The lowest BCUT2D eigenvalue weighted by molar-refractivity contribution is 0.755. The molecule has 0 N–H and O–H groups in total. The summed E-state index contributed by atoms with van der Waals surface area (Å²) in [4.78, 5) is 1.39. The van der Waals surface area contributed by atoms with Crippen LogP contribution in [0.1, 0.15) is 23.5 Å². The van der Waals surface area contributed by atoms with Crippen LogP contribution in [0.2, 0.25) is 10.0 Å². The first-order valence-electron chi connectivity index (χ1n) is 5.92. The number of fused-ring (bicyclic) bond motifs is 1. The van der Waals surface area contributed by atoms with E-state index in [0.717, 1.165) is 12.2 Å². The van der Waals surface area contributed by atoms with E-state index in [1.807, 2.05) is 23.9 Å². The molecule has 18 heavy (non-hydrogen) atoms. The van der Waals surface area contributed by atoms with Gasteiger partial charge in [-0.3, -0.25) is 0 Å². The average molecular weight is 295 g/mol. The summed E-state index contributed by atoms with van der Waals surface area (Å²) in [6.45, 7) is 0. The SMILES string of the molecule is Clc1ccc(C2CCSc3ccccc32)cc1Cl. The van der Waals surface area contributed by atoms with Crippen molar-refractivity contribution in [3.8, 4) is 0 Å². The minimum Gasteiger partial charge on any atom is -0.126 e. The normalized spacial score (nSPS) is 18.4. The summed E-state index contributed by atoms with van der Waals surface area (Å²) in [6.07, 6.45) is 1.15. The lowest BCUT2D eigenvalue weighted by atomic mass is 9.89. The number of hydrogen-bond acceptors (Lipinski definition) is 1. The largest absolute Gasteiger partial charge is 0.126 e. The van der Waals surface area contributed by atoms with E-state index in [0.29, 0.717) is 16.0 Å². The van der Waals surface area contributed by atoms with Crippen LogP contribution < -0.4 is 0 Å². The predicted molar refractivity (Wildman–Crippen MR) is 80.1 cm³/mol. The van der Waals surface area contributed by atoms with Crippen LogP contribution in [0, 0.1) is 0 Å². The van der Waals surface area contributed by atoms with Gasteiger partial charge in [-0.25, -0.2) is 0 Å². The Labute approximate surface area is 121 Å². The van der Waals surface area contributed by atoms with Gasteiger partial charge in [-0.15, -0.1) is 11.8 Å². The molecule has 1 aliphatic rings. The minimum atomic E-state index is 0.442. The molecule has 2 aromatic rings. The van der Waals surface area contributed by atoms with Crippen LogP contribution in [0.15, 0.2) is 47.4 Å². The Morgan fingerprint density at radius 1 is 1.00 bits per heavy atom. The van der Waals surface area contributed by atoms with Gasteiger partial charge < -0.3 is 0 Å². The van der Waals surface area contributed by atoms with Gasteiger partial charge in [0.2, 0.25) is 0 Å². The van der Waals surface area contributed by atoms with E-state index >= 15 is 0 Å². The Balaban J connectivity index is 2.05. The van der Waals surface area contributed by atoms with Crippen LogP contribution in [0.4, 0.5) is 0 Å². The first kappa shape index (κ1) is 12.4. The molecule has 0 bridgehead atoms. The lowest BCUT2D eigenvalue weighted by Crippen LogP contribution is -2.08. The van der Waals surface area contributed by atoms with Crippen molar-refractivity contribution in [3.05, 3.63) is 63.6 Å². The number of halogens is 2. The highest BCUT2D eigenvalue weighted by atomic mass is 35.5. The van der Waals surface area contributed by atoms with Gasteiger partial charge in [0, 0.05) is 10.8 Å². The smallest absolute Gasteiger partial charge is 0.0595 e. The van der Waals surface area contributed by atoms with Crippen molar-refractivity contribution in [2.75, 3.05) is 5.75 Å². The van der Waals surface area contributed by atoms with E-state index in [4.69, 9.17) is 23.2 Å². The highest BCUT2D eigenvalue weighted by molar-refractivity contribution is 7.99. The minimum absolute atomic E-state index is 0.442. The van der Waals surface area contributed by atoms with E-state index < -0.39 is 0 Å². The molecule has 1 unspecified atom stereocenters. The molecule has 0 fully saturated rings. The summed E-state index contributed by atoms with van der Waals surface area (Å²) < 4.78 is 0. The third-order valence-corrected chi connectivity index (χ3v) is 5.17. The zero-order valence-corrected chi connectivity index (χ0v) is 12.0. The van der Waals surface area contributed by atoms with Crippen LogP contribution in [0.3, 0.4) is 0 Å². The van der Waals surface area contributed by atoms with Crippen molar-refractivity contribution in [1.82, 2.24) is 0 Å². The average Bonchev–Trinajstić information content (AvgIpc) is 2.41. The molecule has 3 rings (SSSR count). The van der Waals surface area contributed by atoms with E-state index in [1.165, 1.54) is 16.0 Å². The molecule has 0 amide bonds. The molecule has 1 aliphatic heterocycles. The maximum Gasteiger partial charge on any atom is 0.0595 e. The second kappa shape index (κ2) is 5.16. The monoisotopic (exact) mass is 294 g/mol. The van der Waals surface area contributed by atoms with Crippen LogP contribution in [0.25, 0.3) is 0 Å². The van der Waals surface area contributed by atoms with E-state index in [-0.39, 0.29) is 0 Å². The maximum atomic E-state index is 6.12. The van der Waals surface area contributed by atoms with Gasteiger partial charge in [0.05, 0.1) is 10.0 Å². The fourth-order valence-electron chi connectivity index (χ4n) is 2.42. The molecule has 0 nitrogen and oxygen atoms in total. The summed E-state index contributed by atoms with van der Waals surface area (Å²) >= 11 is 14.0. The van der Waals surface area contributed by atoms with Gasteiger partial charge in [-0.05, 0) is 41.5 Å². The fraction of sp³-hybridized carbons (Fsp3) is 0.200. The molecule has 0 saturated carbocycles. The third-order valence-electron chi connectivity index (χ3n) is 3.30. The van der Waals surface area contributed by atoms with E-state index in [9.17, 15) is 0 Å². The second-order valence-electron chi connectivity index (χ2n) is 4.40. The predicted octanol–water partition coefficient (Wildman–Crippen LogP) is 5.62. The van der Waals surface area contributed by atoms with Crippen molar-refractivity contribution >= 4 is 35.0 Å². The van der Waals surface area contributed by atoms with Crippen molar-refractivity contribution in [1.29, 1.82) is 0 Å². The van der Waals surface area contributed by atoms with Gasteiger partial charge in [-0.1, -0.05) is 47.5 Å². The van der Waals surface area contributed by atoms with Crippen LogP contribution >= 0.6 is 35.0 Å². The molecule has 3 heteroatoms.